The Morgan fingerprint density at radius 2 is 2.05 bits per heavy atom. The van der Waals surface area contributed by atoms with E-state index in [0.29, 0.717) is 6.54 Å². The average molecular weight is 326 g/mol. The van der Waals surface area contributed by atoms with E-state index in [1.165, 1.54) is 48.2 Å². The SMILES string of the molecule is CN(CCN1CCCC1)c1ccc(CCN)c(Br)c1. The van der Waals surface area contributed by atoms with E-state index in [1.807, 2.05) is 0 Å². The standard InChI is InChI=1S/C15H24BrN3/c1-18(10-11-19-8-2-3-9-19)14-5-4-13(6-7-17)15(16)12-14/h4-5,12H,2-3,6-11,17H2,1H3. The molecule has 19 heavy (non-hydrogen) atoms. The Hall–Kier alpha value is -0.580. The van der Waals surface area contributed by atoms with Crippen LogP contribution in [0, 0.1) is 0 Å². The Balaban J connectivity index is 1.90. The molecule has 0 radical (unpaired) electrons. The zero-order valence-electron chi connectivity index (χ0n) is 11.7. The van der Waals surface area contributed by atoms with E-state index >= 15 is 0 Å². The average Bonchev–Trinajstić information content (AvgIpc) is 2.91. The molecule has 1 fully saturated rings. The Bertz CT molecular complexity index is 402. The molecule has 1 aromatic carbocycles. The summed E-state index contributed by atoms with van der Waals surface area (Å²) in [4.78, 5) is 4.88. The lowest BCUT2D eigenvalue weighted by Crippen LogP contribution is -2.31. The number of anilines is 1. The fourth-order valence-corrected chi connectivity index (χ4v) is 3.12. The molecule has 2 N–H and O–H groups in total. The number of nitrogens with two attached hydrogens (primary N) is 1. The minimum atomic E-state index is 0.697. The number of likely N-dealkylation sites (tertiary alicyclic amines) is 1. The first-order chi connectivity index (χ1) is 9.20. The third-order valence-corrected chi connectivity index (χ3v) is 4.58. The summed E-state index contributed by atoms with van der Waals surface area (Å²) in [6.45, 7) is 5.49. The molecule has 2 rings (SSSR count). The lowest BCUT2D eigenvalue weighted by molar-refractivity contribution is 0.346. The van der Waals surface area contributed by atoms with Crippen LogP contribution in [0.25, 0.3) is 0 Å². The van der Waals surface area contributed by atoms with Crippen molar-refractivity contribution < 1.29 is 0 Å². The lowest BCUT2D eigenvalue weighted by atomic mass is 10.1. The number of rotatable bonds is 6. The molecule has 0 amide bonds. The maximum Gasteiger partial charge on any atom is 0.0375 e. The minimum Gasteiger partial charge on any atom is -0.373 e. The number of hydrogen-bond acceptors (Lipinski definition) is 3. The van der Waals surface area contributed by atoms with Crippen LogP contribution in [-0.4, -0.2) is 44.7 Å². The summed E-state index contributed by atoms with van der Waals surface area (Å²) >= 11 is 3.64. The first kappa shape index (κ1) is 14.8. The van der Waals surface area contributed by atoms with Crippen LogP contribution in [0.2, 0.25) is 0 Å². The van der Waals surface area contributed by atoms with E-state index in [1.54, 1.807) is 0 Å². The van der Waals surface area contributed by atoms with Gasteiger partial charge in [-0.2, -0.15) is 0 Å². The van der Waals surface area contributed by atoms with Gasteiger partial charge in [-0.05, 0) is 56.6 Å². The molecular formula is C15H24BrN3. The molecule has 0 bridgehead atoms. The van der Waals surface area contributed by atoms with Crippen LogP contribution in [0.15, 0.2) is 22.7 Å². The molecule has 106 valence electrons. The van der Waals surface area contributed by atoms with Crippen molar-refractivity contribution in [1.29, 1.82) is 0 Å². The summed E-state index contributed by atoms with van der Waals surface area (Å²) in [6, 6.07) is 6.58. The number of halogens is 1. The number of likely N-dealkylation sites (N-methyl/N-ethyl adjacent to an activating group) is 1. The van der Waals surface area contributed by atoms with Crippen molar-refractivity contribution in [2.24, 2.45) is 5.73 Å². The van der Waals surface area contributed by atoms with Crippen LogP contribution in [-0.2, 0) is 6.42 Å². The third kappa shape index (κ3) is 4.20. The van der Waals surface area contributed by atoms with Gasteiger partial charge in [0.25, 0.3) is 0 Å². The lowest BCUT2D eigenvalue weighted by Gasteiger charge is -2.23. The zero-order chi connectivity index (χ0) is 13.7. The minimum absolute atomic E-state index is 0.697. The van der Waals surface area contributed by atoms with Gasteiger partial charge in [0.1, 0.15) is 0 Å². The molecule has 0 unspecified atom stereocenters. The normalized spacial score (nSPS) is 15.9. The molecule has 0 saturated carbocycles. The predicted octanol–water partition coefficient (Wildman–Crippen LogP) is 2.48. The molecule has 3 nitrogen and oxygen atoms in total. The van der Waals surface area contributed by atoms with Gasteiger partial charge in [0, 0.05) is 30.3 Å². The fraction of sp³-hybridized carbons (Fsp3) is 0.600. The molecule has 1 saturated heterocycles. The van der Waals surface area contributed by atoms with Crippen molar-refractivity contribution in [2.45, 2.75) is 19.3 Å². The maximum absolute atomic E-state index is 5.61. The second-order valence-electron chi connectivity index (χ2n) is 5.28. The molecule has 0 aliphatic carbocycles. The van der Waals surface area contributed by atoms with Gasteiger partial charge in [-0.25, -0.2) is 0 Å². The molecular weight excluding hydrogens is 302 g/mol. The highest BCUT2D eigenvalue weighted by atomic mass is 79.9. The van der Waals surface area contributed by atoms with Gasteiger partial charge in [0.15, 0.2) is 0 Å². The van der Waals surface area contributed by atoms with Gasteiger partial charge < -0.3 is 15.5 Å². The summed E-state index contributed by atoms with van der Waals surface area (Å²) in [5.74, 6) is 0. The molecule has 1 aromatic rings. The van der Waals surface area contributed by atoms with Gasteiger partial charge in [-0.3, -0.25) is 0 Å². The van der Waals surface area contributed by atoms with Crippen LogP contribution in [0.3, 0.4) is 0 Å². The zero-order valence-corrected chi connectivity index (χ0v) is 13.3. The van der Waals surface area contributed by atoms with Crippen molar-refractivity contribution >= 4 is 21.6 Å². The molecule has 0 aromatic heterocycles. The summed E-state index contributed by atoms with van der Waals surface area (Å²) in [6.07, 6.45) is 3.66. The van der Waals surface area contributed by atoms with Crippen LogP contribution in [0.4, 0.5) is 5.69 Å². The second kappa shape index (κ2) is 7.27. The third-order valence-electron chi connectivity index (χ3n) is 3.84. The Kier molecular flexibility index (Phi) is 5.67. The van der Waals surface area contributed by atoms with Crippen molar-refractivity contribution in [1.82, 2.24) is 4.90 Å². The van der Waals surface area contributed by atoms with Crippen molar-refractivity contribution in [3.05, 3.63) is 28.2 Å². The highest BCUT2D eigenvalue weighted by molar-refractivity contribution is 9.10. The number of hydrogen-bond donors (Lipinski definition) is 1. The monoisotopic (exact) mass is 325 g/mol. The van der Waals surface area contributed by atoms with Crippen LogP contribution in [0.1, 0.15) is 18.4 Å². The first-order valence-corrected chi connectivity index (χ1v) is 7.92. The Morgan fingerprint density at radius 1 is 1.32 bits per heavy atom. The van der Waals surface area contributed by atoms with Crippen molar-refractivity contribution in [3.63, 3.8) is 0 Å². The highest BCUT2D eigenvalue weighted by Crippen LogP contribution is 2.24. The smallest absolute Gasteiger partial charge is 0.0375 e. The first-order valence-electron chi connectivity index (χ1n) is 7.12. The summed E-state index contributed by atoms with van der Waals surface area (Å²) in [5.41, 5.74) is 8.17. The van der Waals surface area contributed by atoms with Crippen LogP contribution >= 0.6 is 15.9 Å². The van der Waals surface area contributed by atoms with Gasteiger partial charge in [0.05, 0.1) is 0 Å². The van der Waals surface area contributed by atoms with Crippen LogP contribution in [0.5, 0.6) is 0 Å². The van der Waals surface area contributed by atoms with Crippen LogP contribution < -0.4 is 10.6 Å². The van der Waals surface area contributed by atoms with Gasteiger partial charge in [-0.15, -0.1) is 0 Å². The van der Waals surface area contributed by atoms with E-state index in [-0.39, 0.29) is 0 Å². The van der Waals surface area contributed by atoms with E-state index in [4.69, 9.17) is 5.73 Å². The predicted molar refractivity (Wildman–Crippen MR) is 85.8 cm³/mol. The molecule has 1 aliphatic heterocycles. The summed E-state index contributed by atoms with van der Waals surface area (Å²) in [7, 11) is 2.17. The molecule has 0 atom stereocenters. The quantitative estimate of drug-likeness (QED) is 0.872. The number of benzene rings is 1. The van der Waals surface area contributed by atoms with Gasteiger partial charge in [-0.1, -0.05) is 22.0 Å². The number of nitrogens with zero attached hydrogens (tertiary/aromatic N) is 2. The van der Waals surface area contributed by atoms with Gasteiger partial charge in [0.2, 0.25) is 0 Å². The Labute approximate surface area is 124 Å². The fourth-order valence-electron chi connectivity index (χ4n) is 2.56. The van der Waals surface area contributed by atoms with Gasteiger partial charge >= 0.3 is 0 Å². The molecule has 1 heterocycles. The van der Waals surface area contributed by atoms with E-state index < -0.39 is 0 Å². The summed E-state index contributed by atoms with van der Waals surface area (Å²) in [5, 5.41) is 0. The molecule has 0 spiro atoms. The van der Waals surface area contributed by atoms with E-state index in [9.17, 15) is 0 Å². The molecule has 4 heteroatoms. The van der Waals surface area contributed by atoms with E-state index in [2.05, 4.69) is 51.0 Å². The van der Waals surface area contributed by atoms with Crippen molar-refractivity contribution in [3.8, 4) is 0 Å². The second-order valence-corrected chi connectivity index (χ2v) is 6.14. The maximum atomic E-state index is 5.61. The highest BCUT2D eigenvalue weighted by Gasteiger charge is 2.12. The molecule has 1 aliphatic rings. The Morgan fingerprint density at radius 3 is 2.68 bits per heavy atom. The summed E-state index contributed by atoms with van der Waals surface area (Å²) < 4.78 is 1.17. The van der Waals surface area contributed by atoms with Crippen molar-refractivity contribution in [2.75, 3.05) is 44.7 Å². The topological polar surface area (TPSA) is 32.5 Å². The van der Waals surface area contributed by atoms with E-state index in [0.717, 1.165) is 13.0 Å². The largest absolute Gasteiger partial charge is 0.373 e.